The molecule has 6 heteroatoms. The zero-order valence-electron chi connectivity index (χ0n) is 12.4. The molecule has 116 valence electrons. The average molecular weight is 288 g/mol. The van der Waals surface area contributed by atoms with Crippen molar-refractivity contribution in [2.24, 2.45) is 0 Å². The Labute approximate surface area is 119 Å². The molecule has 0 aliphatic rings. The second-order valence-electron chi connectivity index (χ2n) is 5.51. The molecule has 20 heavy (non-hydrogen) atoms. The number of esters is 2. The highest BCUT2D eigenvalue weighted by Gasteiger charge is 2.16. The number of aliphatic carboxylic acids is 1. The van der Waals surface area contributed by atoms with Crippen LogP contribution in [0.4, 0.5) is 0 Å². The van der Waals surface area contributed by atoms with Gasteiger partial charge in [-0.25, -0.2) is 0 Å². The number of rotatable bonds is 9. The quantitative estimate of drug-likeness (QED) is 0.517. The second-order valence-corrected chi connectivity index (χ2v) is 5.51. The third-order valence-electron chi connectivity index (χ3n) is 2.26. The summed E-state index contributed by atoms with van der Waals surface area (Å²) in [6.45, 7) is 5.33. The van der Waals surface area contributed by atoms with Gasteiger partial charge in [-0.3, -0.25) is 14.4 Å². The van der Waals surface area contributed by atoms with E-state index >= 15 is 0 Å². The lowest BCUT2D eigenvalue weighted by Crippen LogP contribution is -2.24. The lowest BCUT2D eigenvalue weighted by molar-refractivity contribution is -0.157. The zero-order chi connectivity index (χ0) is 15.6. The highest BCUT2D eigenvalue weighted by molar-refractivity contribution is 5.72. The molecule has 0 unspecified atom stereocenters. The van der Waals surface area contributed by atoms with Crippen molar-refractivity contribution in [3.63, 3.8) is 0 Å². The Bertz CT molecular complexity index is 329. The molecule has 0 aromatic carbocycles. The third kappa shape index (κ3) is 12.9. The molecule has 0 aliphatic carbocycles. The summed E-state index contributed by atoms with van der Waals surface area (Å²) < 4.78 is 9.97. The zero-order valence-corrected chi connectivity index (χ0v) is 12.4. The van der Waals surface area contributed by atoms with Crippen molar-refractivity contribution in [3.8, 4) is 0 Å². The van der Waals surface area contributed by atoms with Crippen molar-refractivity contribution in [1.29, 1.82) is 0 Å². The van der Waals surface area contributed by atoms with Crippen LogP contribution in [0.3, 0.4) is 0 Å². The highest BCUT2D eigenvalue weighted by atomic mass is 16.6. The Hall–Kier alpha value is -1.59. The fourth-order valence-electron chi connectivity index (χ4n) is 1.44. The maximum atomic E-state index is 11.3. The van der Waals surface area contributed by atoms with Crippen LogP contribution >= 0.6 is 0 Å². The lowest BCUT2D eigenvalue weighted by atomic mass is 10.1. The number of carbonyl (C=O) groups is 3. The van der Waals surface area contributed by atoms with E-state index in [2.05, 4.69) is 0 Å². The van der Waals surface area contributed by atoms with E-state index in [1.807, 2.05) is 0 Å². The van der Waals surface area contributed by atoms with Gasteiger partial charge in [-0.05, 0) is 33.6 Å². The van der Waals surface area contributed by atoms with Crippen LogP contribution < -0.4 is 0 Å². The minimum absolute atomic E-state index is 0.0167. The predicted octanol–water partition coefficient (Wildman–Crippen LogP) is 2.30. The molecule has 1 N–H and O–H groups in total. The van der Waals surface area contributed by atoms with Crippen LogP contribution in [-0.4, -0.2) is 35.2 Å². The molecule has 0 aliphatic heterocycles. The molecule has 0 radical (unpaired) electrons. The van der Waals surface area contributed by atoms with E-state index in [9.17, 15) is 14.4 Å². The summed E-state index contributed by atoms with van der Waals surface area (Å²) in [4.78, 5) is 32.9. The van der Waals surface area contributed by atoms with E-state index < -0.39 is 17.5 Å². The molecule has 6 nitrogen and oxygen atoms in total. The van der Waals surface area contributed by atoms with Crippen molar-refractivity contribution in [2.45, 2.75) is 64.9 Å². The summed E-state index contributed by atoms with van der Waals surface area (Å²) in [5, 5.41) is 8.44. The molecule has 0 atom stereocenters. The van der Waals surface area contributed by atoms with Crippen LogP contribution in [0.25, 0.3) is 0 Å². The summed E-state index contributed by atoms with van der Waals surface area (Å²) in [6, 6.07) is 0. The first kappa shape index (κ1) is 18.4. The number of unbranched alkanes of at least 4 members (excludes halogenated alkanes) is 2. The summed E-state index contributed by atoms with van der Waals surface area (Å²) in [6.07, 6.45) is 2.23. The van der Waals surface area contributed by atoms with Gasteiger partial charge in [0.15, 0.2) is 0 Å². The molecule has 0 rings (SSSR count). The van der Waals surface area contributed by atoms with Gasteiger partial charge in [0.1, 0.15) is 12.2 Å². The van der Waals surface area contributed by atoms with Gasteiger partial charge in [0.2, 0.25) is 0 Å². The maximum absolute atomic E-state index is 11.3. The molecule has 0 aromatic rings. The Morgan fingerprint density at radius 3 is 2.05 bits per heavy atom. The van der Waals surface area contributed by atoms with Gasteiger partial charge in [-0.1, -0.05) is 6.42 Å². The minimum Gasteiger partial charge on any atom is -0.481 e. The van der Waals surface area contributed by atoms with E-state index in [4.69, 9.17) is 14.6 Å². The van der Waals surface area contributed by atoms with Crippen LogP contribution in [0, 0.1) is 0 Å². The first-order valence-electron chi connectivity index (χ1n) is 6.80. The molecule has 0 fully saturated rings. The molecule has 0 aromatic heterocycles. The first-order valence-corrected chi connectivity index (χ1v) is 6.80. The molecule has 0 amide bonds. The fraction of sp³-hybridized carbons (Fsp3) is 0.786. The van der Waals surface area contributed by atoms with Crippen molar-refractivity contribution in [3.05, 3.63) is 0 Å². The number of carboxylic acids is 1. The van der Waals surface area contributed by atoms with Crippen molar-refractivity contribution < 1.29 is 29.0 Å². The fourth-order valence-corrected chi connectivity index (χ4v) is 1.44. The topological polar surface area (TPSA) is 89.9 Å². The monoisotopic (exact) mass is 288 g/mol. The largest absolute Gasteiger partial charge is 0.481 e. The minimum atomic E-state index is -0.829. The Kier molecular flexibility index (Phi) is 8.59. The average Bonchev–Trinajstić information content (AvgIpc) is 2.25. The van der Waals surface area contributed by atoms with E-state index in [0.717, 1.165) is 0 Å². The first-order chi connectivity index (χ1) is 9.20. The van der Waals surface area contributed by atoms with E-state index in [0.29, 0.717) is 19.3 Å². The lowest BCUT2D eigenvalue weighted by Gasteiger charge is -2.19. The van der Waals surface area contributed by atoms with E-state index in [1.165, 1.54) is 0 Å². The van der Waals surface area contributed by atoms with Crippen LogP contribution in [-0.2, 0) is 23.9 Å². The van der Waals surface area contributed by atoms with Crippen molar-refractivity contribution in [2.75, 3.05) is 6.61 Å². The Morgan fingerprint density at radius 1 is 0.900 bits per heavy atom. The molecule has 0 saturated heterocycles. The normalized spacial score (nSPS) is 10.9. The van der Waals surface area contributed by atoms with Crippen LogP contribution in [0.2, 0.25) is 0 Å². The number of hydrogen-bond acceptors (Lipinski definition) is 5. The maximum Gasteiger partial charge on any atom is 0.309 e. The predicted molar refractivity (Wildman–Crippen MR) is 72.1 cm³/mol. The van der Waals surface area contributed by atoms with Crippen LogP contribution in [0.5, 0.6) is 0 Å². The summed E-state index contributed by atoms with van der Waals surface area (Å²) >= 11 is 0. The standard InChI is InChI=1S/C14H24O6/c1-14(2,3)20-13(18)9-10-19-12(17)8-6-4-5-7-11(15)16/h4-10H2,1-3H3,(H,15,16). The molecule has 0 heterocycles. The number of carbonyl (C=O) groups excluding carboxylic acids is 2. The van der Waals surface area contributed by atoms with Gasteiger partial charge in [0.05, 0.1) is 6.42 Å². The number of carboxylic acid groups (broad SMARTS) is 1. The smallest absolute Gasteiger partial charge is 0.309 e. The van der Waals surface area contributed by atoms with Gasteiger partial charge in [0, 0.05) is 12.8 Å². The second kappa shape index (κ2) is 9.34. The third-order valence-corrected chi connectivity index (χ3v) is 2.26. The Balaban J connectivity index is 3.54. The van der Waals surface area contributed by atoms with Crippen LogP contribution in [0.15, 0.2) is 0 Å². The molecule has 0 saturated carbocycles. The van der Waals surface area contributed by atoms with Crippen LogP contribution in [0.1, 0.15) is 59.3 Å². The highest BCUT2D eigenvalue weighted by Crippen LogP contribution is 2.08. The summed E-state index contributed by atoms with van der Waals surface area (Å²) in [5.74, 6) is -1.60. The van der Waals surface area contributed by atoms with Crippen molar-refractivity contribution >= 4 is 17.9 Å². The SMILES string of the molecule is CC(C)(C)OC(=O)CCOC(=O)CCCCCC(=O)O. The number of hydrogen-bond donors (Lipinski definition) is 1. The Morgan fingerprint density at radius 2 is 1.50 bits per heavy atom. The van der Waals surface area contributed by atoms with Gasteiger partial charge >= 0.3 is 17.9 Å². The van der Waals surface area contributed by atoms with Crippen molar-refractivity contribution in [1.82, 2.24) is 0 Å². The molecule has 0 spiro atoms. The molecule has 0 bridgehead atoms. The summed E-state index contributed by atoms with van der Waals surface area (Å²) in [5.41, 5.74) is -0.536. The van der Waals surface area contributed by atoms with Gasteiger partial charge in [-0.15, -0.1) is 0 Å². The van der Waals surface area contributed by atoms with Gasteiger partial charge < -0.3 is 14.6 Å². The van der Waals surface area contributed by atoms with E-state index in [-0.39, 0.29) is 31.8 Å². The number of ether oxygens (including phenoxy) is 2. The van der Waals surface area contributed by atoms with Gasteiger partial charge in [0.25, 0.3) is 0 Å². The van der Waals surface area contributed by atoms with Gasteiger partial charge in [-0.2, -0.15) is 0 Å². The summed E-state index contributed by atoms with van der Waals surface area (Å²) in [7, 11) is 0. The van der Waals surface area contributed by atoms with E-state index in [1.54, 1.807) is 20.8 Å². The molecular formula is C14H24O6. The molecular weight excluding hydrogens is 264 g/mol.